The zero-order valence-electron chi connectivity index (χ0n) is 7.41. The number of hydrogen-bond donors (Lipinski definition) is 0. The standard InChI is InChI=1S/C10H12N2/c1-4-11-7-10-5-8(2)6-12-9(10)3/h4-7H,1H2,2-3H3. The molecule has 62 valence electrons. The summed E-state index contributed by atoms with van der Waals surface area (Å²) >= 11 is 0. The van der Waals surface area contributed by atoms with Gasteiger partial charge in [0.15, 0.2) is 0 Å². The first-order valence-corrected chi connectivity index (χ1v) is 3.81. The maximum Gasteiger partial charge on any atom is 0.0460 e. The van der Waals surface area contributed by atoms with Crippen molar-refractivity contribution in [2.45, 2.75) is 13.8 Å². The van der Waals surface area contributed by atoms with E-state index in [4.69, 9.17) is 0 Å². The van der Waals surface area contributed by atoms with Gasteiger partial charge in [0.2, 0.25) is 0 Å². The van der Waals surface area contributed by atoms with Crippen molar-refractivity contribution in [3.8, 4) is 0 Å². The van der Waals surface area contributed by atoms with Crippen molar-refractivity contribution in [3.63, 3.8) is 0 Å². The minimum Gasteiger partial charge on any atom is -0.265 e. The minimum atomic E-state index is 0.992. The van der Waals surface area contributed by atoms with Crippen LogP contribution in [0.2, 0.25) is 0 Å². The summed E-state index contributed by atoms with van der Waals surface area (Å²) in [4.78, 5) is 8.15. The smallest absolute Gasteiger partial charge is 0.0460 e. The molecular formula is C10H12N2. The van der Waals surface area contributed by atoms with Gasteiger partial charge in [-0.15, -0.1) is 0 Å². The molecule has 0 saturated heterocycles. The van der Waals surface area contributed by atoms with Gasteiger partial charge in [-0.05, 0) is 25.5 Å². The largest absolute Gasteiger partial charge is 0.265 e. The van der Waals surface area contributed by atoms with Crippen LogP contribution in [0.15, 0.2) is 30.0 Å². The van der Waals surface area contributed by atoms with E-state index in [0.717, 1.165) is 16.8 Å². The normalized spacial score (nSPS) is 10.5. The minimum absolute atomic E-state index is 0.992. The van der Waals surface area contributed by atoms with E-state index < -0.39 is 0 Å². The maximum absolute atomic E-state index is 4.21. The van der Waals surface area contributed by atoms with Gasteiger partial charge in [-0.25, -0.2) is 0 Å². The fraction of sp³-hybridized carbons (Fsp3) is 0.200. The summed E-state index contributed by atoms with van der Waals surface area (Å²) in [7, 11) is 0. The Hall–Kier alpha value is -1.44. The first kappa shape index (κ1) is 8.65. The molecular weight excluding hydrogens is 148 g/mol. The first-order chi connectivity index (χ1) is 5.74. The Kier molecular flexibility index (Phi) is 2.75. The molecule has 0 radical (unpaired) electrons. The van der Waals surface area contributed by atoms with Gasteiger partial charge in [-0.3, -0.25) is 9.98 Å². The summed E-state index contributed by atoms with van der Waals surface area (Å²) in [5, 5.41) is 0. The molecule has 0 N–H and O–H groups in total. The summed E-state index contributed by atoms with van der Waals surface area (Å²) < 4.78 is 0. The summed E-state index contributed by atoms with van der Waals surface area (Å²) in [5.74, 6) is 0. The van der Waals surface area contributed by atoms with Crippen LogP contribution in [0.1, 0.15) is 16.8 Å². The lowest BCUT2D eigenvalue weighted by molar-refractivity contribution is 1.16. The maximum atomic E-state index is 4.21. The summed E-state index contributed by atoms with van der Waals surface area (Å²) in [6, 6.07) is 2.05. The van der Waals surface area contributed by atoms with E-state index >= 15 is 0 Å². The molecule has 1 heterocycles. The molecule has 0 fully saturated rings. The molecule has 12 heavy (non-hydrogen) atoms. The van der Waals surface area contributed by atoms with Crippen molar-refractivity contribution in [2.24, 2.45) is 4.99 Å². The van der Waals surface area contributed by atoms with E-state index in [1.807, 2.05) is 20.0 Å². The molecule has 0 aromatic carbocycles. The molecule has 0 unspecified atom stereocenters. The third kappa shape index (κ3) is 2.02. The van der Waals surface area contributed by atoms with Crippen LogP contribution in [0, 0.1) is 13.8 Å². The number of aromatic nitrogens is 1. The molecule has 1 rings (SSSR count). The van der Waals surface area contributed by atoms with E-state index in [9.17, 15) is 0 Å². The van der Waals surface area contributed by atoms with Crippen LogP contribution in [0.4, 0.5) is 0 Å². The number of pyridine rings is 1. The van der Waals surface area contributed by atoms with Crippen LogP contribution in [-0.4, -0.2) is 11.2 Å². The zero-order chi connectivity index (χ0) is 8.97. The van der Waals surface area contributed by atoms with Crippen LogP contribution in [0.5, 0.6) is 0 Å². The van der Waals surface area contributed by atoms with Gasteiger partial charge in [-0.2, -0.15) is 0 Å². The quantitative estimate of drug-likeness (QED) is 0.609. The summed E-state index contributed by atoms with van der Waals surface area (Å²) in [6.07, 6.45) is 5.13. The van der Waals surface area contributed by atoms with Crippen molar-refractivity contribution < 1.29 is 0 Å². The lowest BCUT2D eigenvalue weighted by Gasteiger charge is -1.98. The Morgan fingerprint density at radius 1 is 1.50 bits per heavy atom. The third-order valence-corrected chi connectivity index (χ3v) is 1.58. The fourth-order valence-corrected chi connectivity index (χ4v) is 0.924. The van der Waals surface area contributed by atoms with Gasteiger partial charge in [0.1, 0.15) is 0 Å². The molecule has 0 atom stereocenters. The van der Waals surface area contributed by atoms with Gasteiger partial charge >= 0.3 is 0 Å². The van der Waals surface area contributed by atoms with Gasteiger partial charge in [-0.1, -0.05) is 6.58 Å². The molecule has 0 aliphatic heterocycles. The Morgan fingerprint density at radius 2 is 2.25 bits per heavy atom. The van der Waals surface area contributed by atoms with E-state index in [2.05, 4.69) is 22.6 Å². The van der Waals surface area contributed by atoms with Crippen LogP contribution >= 0.6 is 0 Å². The van der Waals surface area contributed by atoms with Gasteiger partial charge in [0, 0.05) is 29.9 Å². The predicted octanol–water partition coefficient (Wildman–Crippen LogP) is 2.26. The highest BCUT2D eigenvalue weighted by Crippen LogP contribution is 2.04. The van der Waals surface area contributed by atoms with Crippen molar-refractivity contribution in [3.05, 3.63) is 41.9 Å². The number of nitrogens with zero attached hydrogens (tertiary/aromatic N) is 2. The molecule has 2 heteroatoms. The predicted molar refractivity (Wildman–Crippen MR) is 51.5 cm³/mol. The molecule has 0 saturated carbocycles. The summed E-state index contributed by atoms with van der Waals surface area (Å²) in [6.45, 7) is 7.48. The fourth-order valence-electron chi connectivity index (χ4n) is 0.924. The number of aliphatic imine (C=N–C) groups is 1. The van der Waals surface area contributed by atoms with Crippen LogP contribution < -0.4 is 0 Å². The lowest BCUT2D eigenvalue weighted by atomic mass is 10.2. The topological polar surface area (TPSA) is 25.2 Å². The second-order valence-electron chi connectivity index (χ2n) is 2.65. The molecule has 1 aromatic heterocycles. The molecule has 1 aromatic rings. The van der Waals surface area contributed by atoms with Crippen molar-refractivity contribution in [1.82, 2.24) is 4.98 Å². The molecule has 0 spiro atoms. The van der Waals surface area contributed by atoms with Crippen LogP contribution in [0.3, 0.4) is 0 Å². The Bertz CT molecular complexity index is 314. The van der Waals surface area contributed by atoms with E-state index in [1.54, 1.807) is 6.21 Å². The third-order valence-electron chi connectivity index (χ3n) is 1.58. The van der Waals surface area contributed by atoms with Gasteiger partial charge in [0.25, 0.3) is 0 Å². The molecule has 0 aliphatic carbocycles. The monoisotopic (exact) mass is 160 g/mol. The van der Waals surface area contributed by atoms with Crippen LogP contribution in [-0.2, 0) is 0 Å². The summed E-state index contributed by atoms with van der Waals surface area (Å²) in [5.41, 5.74) is 3.19. The molecule has 0 bridgehead atoms. The Morgan fingerprint density at radius 3 is 2.92 bits per heavy atom. The highest BCUT2D eigenvalue weighted by atomic mass is 14.7. The zero-order valence-corrected chi connectivity index (χ0v) is 7.41. The van der Waals surface area contributed by atoms with E-state index in [0.29, 0.717) is 0 Å². The van der Waals surface area contributed by atoms with Crippen molar-refractivity contribution >= 4 is 6.21 Å². The second kappa shape index (κ2) is 3.81. The van der Waals surface area contributed by atoms with Gasteiger partial charge < -0.3 is 0 Å². The van der Waals surface area contributed by atoms with Crippen LogP contribution in [0.25, 0.3) is 0 Å². The SMILES string of the molecule is C=CN=Cc1cc(C)cnc1C. The van der Waals surface area contributed by atoms with Crippen molar-refractivity contribution in [1.29, 1.82) is 0 Å². The molecule has 2 nitrogen and oxygen atoms in total. The highest BCUT2D eigenvalue weighted by Gasteiger charge is 1.94. The molecule has 0 amide bonds. The first-order valence-electron chi connectivity index (χ1n) is 3.81. The number of aryl methyl sites for hydroxylation is 2. The van der Waals surface area contributed by atoms with E-state index in [1.165, 1.54) is 6.20 Å². The van der Waals surface area contributed by atoms with Crippen molar-refractivity contribution in [2.75, 3.05) is 0 Å². The molecule has 0 aliphatic rings. The Balaban J connectivity index is 3.04. The van der Waals surface area contributed by atoms with E-state index in [-0.39, 0.29) is 0 Å². The average Bonchev–Trinajstić information content (AvgIpc) is 2.07. The van der Waals surface area contributed by atoms with Gasteiger partial charge in [0.05, 0.1) is 0 Å². The second-order valence-corrected chi connectivity index (χ2v) is 2.65. The lowest BCUT2D eigenvalue weighted by Crippen LogP contribution is -1.91. The highest BCUT2D eigenvalue weighted by molar-refractivity contribution is 5.81. The number of hydrogen-bond acceptors (Lipinski definition) is 2. The average molecular weight is 160 g/mol. The number of rotatable bonds is 2. The Labute approximate surface area is 72.7 Å².